The zero-order chi connectivity index (χ0) is 11.4. The van der Waals surface area contributed by atoms with Gasteiger partial charge in [0, 0.05) is 16.0 Å². The Morgan fingerprint density at radius 2 is 2.12 bits per heavy atom. The number of anilines is 1. The predicted molar refractivity (Wildman–Crippen MR) is 72.9 cm³/mol. The van der Waals surface area contributed by atoms with Crippen LogP contribution >= 0.6 is 27.3 Å². The van der Waals surface area contributed by atoms with Crippen molar-refractivity contribution in [3.8, 4) is 0 Å². The van der Waals surface area contributed by atoms with Gasteiger partial charge >= 0.3 is 0 Å². The van der Waals surface area contributed by atoms with Crippen LogP contribution in [0.5, 0.6) is 0 Å². The van der Waals surface area contributed by atoms with Gasteiger partial charge in [0.25, 0.3) is 0 Å². The van der Waals surface area contributed by atoms with Crippen molar-refractivity contribution in [3.63, 3.8) is 0 Å². The smallest absolute Gasteiger partial charge is 0.183 e. The SMILES string of the molecule is CCC(Nc1nccs1)c1ccc(Br)cc1. The zero-order valence-corrected chi connectivity index (χ0v) is 11.4. The average Bonchev–Trinajstić information content (AvgIpc) is 2.80. The molecule has 0 aliphatic heterocycles. The fourth-order valence-electron chi connectivity index (χ4n) is 1.56. The molecule has 0 aliphatic rings. The Hall–Kier alpha value is -0.870. The number of aromatic nitrogens is 1. The lowest BCUT2D eigenvalue weighted by Gasteiger charge is -2.16. The second-order valence-corrected chi connectivity index (χ2v) is 5.30. The number of rotatable bonds is 4. The minimum atomic E-state index is 0.333. The normalized spacial score (nSPS) is 12.4. The van der Waals surface area contributed by atoms with Crippen molar-refractivity contribution >= 4 is 32.4 Å². The lowest BCUT2D eigenvalue weighted by atomic mass is 10.1. The number of nitrogens with one attached hydrogen (secondary N) is 1. The molecule has 0 fully saturated rings. The van der Waals surface area contributed by atoms with Crippen LogP contribution in [0.1, 0.15) is 24.9 Å². The number of nitrogens with zero attached hydrogens (tertiary/aromatic N) is 1. The summed E-state index contributed by atoms with van der Waals surface area (Å²) < 4.78 is 1.11. The molecule has 1 aromatic heterocycles. The summed E-state index contributed by atoms with van der Waals surface area (Å²) in [6.07, 6.45) is 2.86. The van der Waals surface area contributed by atoms with Gasteiger partial charge in [-0.1, -0.05) is 35.0 Å². The highest BCUT2D eigenvalue weighted by molar-refractivity contribution is 9.10. The molecular formula is C12H13BrN2S. The van der Waals surface area contributed by atoms with E-state index < -0.39 is 0 Å². The fraction of sp³-hybridized carbons (Fsp3) is 0.250. The van der Waals surface area contributed by atoms with Gasteiger partial charge in [-0.05, 0) is 24.1 Å². The molecular weight excluding hydrogens is 284 g/mol. The van der Waals surface area contributed by atoms with Gasteiger partial charge in [0.2, 0.25) is 0 Å². The molecule has 2 rings (SSSR count). The van der Waals surface area contributed by atoms with Crippen molar-refractivity contribution in [2.45, 2.75) is 19.4 Å². The number of thiazole rings is 1. The maximum atomic E-state index is 4.25. The first kappa shape index (κ1) is 11.6. The summed E-state index contributed by atoms with van der Waals surface area (Å²) in [5, 5.41) is 6.40. The summed E-state index contributed by atoms with van der Waals surface area (Å²) >= 11 is 5.08. The zero-order valence-electron chi connectivity index (χ0n) is 8.98. The Balaban J connectivity index is 2.13. The van der Waals surface area contributed by atoms with Gasteiger partial charge in [-0.15, -0.1) is 11.3 Å². The number of hydrogen-bond donors (Lipinski definition) is 1. The first-order valence-corrected chi connectivity index (χ1v) is 6.88. The molecule has 1 unspecified atom stereocenters. The van der Waals surface area contributed by atoms with Gasteiger partial charge in [0.15, 0.2) is 5.13 Å². The van der Waals surface area contributed by atoms with Gasteiger partial charge in [0.05, 0.1) is 6.04 Å². The van der Waals surface area contributed by atoms with E-state index in [0.717, 1.165) is 16.0 Å². The van der Waals surface area contributed by atoms with Crippen LogP contribution in [0.2, 0.25) is 0 Å². The van der Waals surface area contributed by atoms with E-state index in [1.54, 1.807) is 11.3 Å². The molecule has 1 atom stereocenters. The van der Waals surface area contributed by atoms with Crippen molar-refractivity contribution < 1.29 is 0 Å². The Labute approximate surface area is 108 Å². The van der Waals surface area contributed by atoms with Crippen molar-refractivity contribution in [2.75, 3.05) is 5.32 Å². The first-order valence-electron chi connectivity index (χ1n) is 5.21. The molecule has 1 N–H and O–H groups in total. The van der Waals surface area contributed by atoms with Crippen LogP contribution in [0.25, 0.3) is 0 Å². The maximum absolute atomic E-state index is 4.25. The molecule has 0 radical (unpaired) electrons. The Kier molecular flexibility index (Phi) is 3.96. The van der Waals surface area contributed by atoms with E-state index in [-0.39, 0.29) is 0 Å². The third-order valence-corrected chi connectivity index (χ3v) is 3.64. The maximum Gasteiger partial charge on any atom is 0.183 e. The Bertz CT molecular complexity index is 425. The molecule has 0 saturated carbocycles. The molecule has 0 aliphatic carbocycles. The van der Waals surface area contributed by atoms with Crippen LogP contribution in [0.15, 0.2) is 40.3 Å². The van der Waals surface area contributed by atoms with Crippen LogP contribution in [0, 0.1) is 0 Å². The summed E-state index contributed by atoms with van der Waals surface area (Å²) in [7, 11) is 0. The minimum Gasteiger partial charge on any atom is -0.355 e. The lowest BCUT2D eigenvalue weighted by Crippen LogP contribution is -2.09. The second-order valence-electron chi connectivity index (χ2n) is 3.49. The Morgan fingerprint density at radius 3 is 2.69 bits per heavy atom. The fourth-order valence-corrected chi connectivity index (χ4v) is 2.41. The van der Waals surface area contributed by atoms with Crippen molar-refractivity contribution in [1.82, 2.24) is 4.98 Å². The van der Waals surface area contributed by atoms with E-state index in [1.165, 1.54) is 5.56 Å². The highest BCUT2D eigenvalue weighted by Gasteiger charge is 2.09. The molecule has 0 saturated heterocycles. The van der Waals surface area contributed by atoms with Crippen LogP contribution in [0.3, 0.4) is 0 Å². The molecule has 16 heavy (non-hydrogen) atoms. The van der Waals surface area contributed by atoms with Crippen LogP contribution in [0.4, 0.5) is 5.13 Å². The molecule has 1 aromatic carbocycles. The van der Waals surface area contributed by atoms with E-state index in [0.29, 0.717) is 6.04 Å². The second kappa shape index (κ2) is 5.46. The summed E-state index contributed by atoms with van der Waals surface area (Å²) in [6, 6.07) is 8.75. The van der Waals surface area contributed by atoms with Crippen molar-refractivity contribution in [2.24, 2.45) is 0 Å². The van der Waals surface area contributed by atoms with Gasteiger partial charge < -0.3 is 5.32 Å². The Morgan fingerprint density at radius 1 is 1.38 bits per heavy atom. The molecule has 4 heteroatoms. The van der Waals surface area contributed by atoms with Gasteiger partial charge in [-0.25, -0.2) is 4.98 Å². The van der Waals surface area contributed by atoms with Gasteiger partial charge in [0.1, 0.15) is 0 Å². The molecule has 2 nitrogen and oxygen atoms in total. The van der Waals surface area contributed by atoms with Crippen LogP contribution in [-0.2, 0) is 0 Å². The monoisotopic (exact) mass is 296 g/mol. The molecule has 1 heterocycles. The van der Waals surface area contributed by atoms with Crippen LogP contribution in [-0.4, -0.2) is 4.98 Å². The van der Waals surface area contributed by atoms with Crippen LogP contribution < -0.4 is 5.32 Å². The van der Waals surface area contributed by atoms with Gasteiger partial charge in [-0.2, -0.15) is 0 Å². The summed E-state index contributed by atoms with van der Waals surface area (Å²) in [6.45, 7) is 2.17. The van der Waals surface area contributed by atoms with Gasteiger partial charge in [-0.3, -0.25) is 0 Å². The predicted octanol–water partition coefficient (Wildman–Crippen LogP) is 4.47. The molecule has 0 spiro atoms. The van der Waals surface area contributed by atoms with E-state index in [1.807, 2.05) is 11.6 Å². The third kappa shape index (κ3) is 2.83. The van der Waals surface area contributed by atoms with E-state index in [2.05, 4.69) is 57.4 Å². The topological polar surface area (TPSA) is 24.9 Å². The first-order chi connectivity index (χ1) is 7.79. The van der Waals surface area contributed by atoms with Crippen molar-refractivity contribution in [1.29, 1.82) is 0 Å². The molecule has 84 valence electrons. The van der Waals surface area contributed by atoms with E-state index >= 15 is 0 Å². The van der Waals surface area contributed by atoms with Crippen molar-refractivity contribution in [3.05, 3.63) is 45.9 Å². The molecule has 2 aromatic rings. The summed E-state index contributed by atoms with van der Waals surface area (Å²) in [5.74, 6) is 0. The molecule has 0 bridgehead atoms. The third-order valence-electron chi connectivity index (χ3n) is 2.41. The number of halogens is 1. The lowest BCUT2D eigenvalue weighted by molar-refractivity contribution is 0.748. The number of hydrogen-bond acceptors (Lipinski definition) is 3. The minimum absolute atomic E-state index is 0.333. The highest BCUT2D eigenvalue weighted by Crippen LogP contribution is 2.24. The molecule has 0 amide bonds. The summed E-state index contributed by atoms with van der Waals surface area (Å²) in [5.41, 5.74) is 1.29. The summed E-state index contributed by atoms with van der Waals surface area (Å²) in [4.78, 5) is 4.25. The standard InChI is InChI=1S/C12H13BrN2S/c1-2-11(15-12-14-7-8-16-12)9-3-5-10(13)6-4-9/h3-8,11H,2H2,1H3,(H,14,15). The highest BCUT2D eigenvalue weighted by atomic mass is 79.9. The van der Waals surface area contributed by atoms with E-state index in [4.69, 9.17) is 0 Å². The number of benzene rings is 1. The quantitative estimate of drug-likeness (QED) is 0.900. The largest absolute Gasteiger partial charge is 0.355 e. The van der Waals surface area contributed by atoms with E-state index in [9.17, 15) is 0 Å². The average molecular weight is 297 g/mol.